The molecule has 0 saturated heterocycles. The molecule has 1 aliphatic rings. The Morgan fingerprint density at radius 1 is 1.43 bits per heavy atom. The number of amides is 3. The van der Waals surface area contributed by atoms with Crippen LogP contribution in [0.2, 0.25) is 5.02 Å². The number of imide groups is 1. The van der Waals surface area contributed by atoms with E-state index in [0.29, 0.717) is 17.2 Å². The molecule has 1 aliphatic heterocycles. The molecular weight excluding hydrogens is 300 g/mol. The van der Waals surface area contributed by atoms with Crippen LogP contribution in [0.15, 0.2) is 18.2 Å². The van der Waals surface area contributed by atoms with Gasteiger partial charge in [-0.3, -0.25) is 14.9 Å². The molecule has 1 atom stereocenters. The molecule has 2 rings (SSSR count). The number of nitrogens with two attached hydrogens (primary N) is 1. The summed E-state index contributed by atoms with van der Waals surface area (Å²) < 4.78 is 10.3. The quantitative estimate of drug-likeness (QED) is 0.796. The molecule has 8 heteroatoms. The van der Waals surface area contributed by atoms with E-state index in [1.54, 1.807) is 23.5 Å². The molecule has 0 aliphatic carbocycles. The van der Waals surface area contributed by atoms with Gasteiger partial charge in [0, 0.05) is 5.02 Å². The number of carbonyl (C=O) groups excluding carboxylic acids is 3. The molecule has 0 spiro atoms. The van der Waals surface area contributed by atoms with Gasteiger partial charge in [0.2, 0.25) is 0 Å². The highest BCUT2D eigenvalue weighted by atomic mass is 35.5. The normalized spacial score (nSPS) is 16.3. The molecule has 3 N–H and O–H groups in total. The van der Waals surface area contributed by atoms with Crippen molar-refractivity contribution in [3.8, 4) is 5.75 Å². The monoisotopic (exact) mass is 312 g/mol. The third-order valence-corrected chi connectivity index (χ3v) is 3.11. The first-order valence-electron chi connectivity index (χ1n) is 6.13. The van der Waals surface area contributed by atoms with Gasteiger partial charge in [-0.1, -0.05) is 11.6 Å². The number of hydrogen-bond acceptors (Lipinski definition) is 5. The summed E-state index contributed by atoms with van der Waals surface area (Å²) in [7, 11) is 0. The standard InChI is InChI=1S/C13H13ClN2O5/c14-9-1-2-10-7(4-9)3-8(5-20-10)12(18)21-6-11(17)16-13(15)19/h1-2,4,8H,3,5-6H2,(H3,15,16,17,19)/t8-/m1/s1. The van der Waals surface area contributed by atoms with Gasteiger partial charge in [-0.25, -0.2) is 4.79 Å². The van der Waals surface area contributed by atoms with Crippen molar-refractivity contribution in [1.29, 1.82) is 0 Å². The first kappa shape index (κ1) is 15.1. The van der Waals surface area contributed by atoms with Gasteiger partial charge < -0.3 is 15.2 Å². The Kier molecular flexibility index (Phi) is 4.64. The zero-order valence-corrected chi connectivity index (χ0v) is 11.7. The first-order valence-corrected chi connectivity index (χ1v) is 6.50. The van der Waals surface area contributed by atoms with E-state index in [9.17, 15) is 14.4 Å². The van der Waals surface area contributed by atoms with Crippen LogP contribution in [0.3, 0.4) is 0 Å². The Morgan fingerprint density at radius 3 is 2.90 bits per heavy atom. The zero-order valence-electron chi connectivity index (χ0n) is 10.9. The number of esters is 1. The Hall–Kier alpha value is -2.28. The number of urea groups is 1. The van der Waals surface area contributed by atoms with Crippen LogP contribution >= 0.6 is 11.6 Å². The van der Waals surface area contributed by atoms with E-state index in [0.717, 1.165) is 5.56 Å². The number of hydrogen-bond donors (Lipinski definition) is 2. The minimum absolute atomic E-state index is 0.158. The lowest BCUT2D eigenvalue weighted by molar-refractivity contribution is -0.153. The predicted octanol–water partition coefficient (Wildman–Crippen LogP) is 0.629. The minimum Gasteiger partial charge on any atom is -0.492 e. The topological polar surface area (TPSA) is 108 Å². The SMILES string of the molecule is NC(=O)NC(=O)COC(=O)[C@H]1COc2ccc(Cl)cc2C1. The minimum atomic E-state index is -0.999. The summed E-state index contributed by atoms with van der Waals surface area (Å²) in [5.74, 6) is -1.22. The van der Waals surface area contributed by atoms with Crippen LogP contribution in [-0.4, -0.2) is 31.1 Å². The third-order valence-electron chi connectivity index (χ3n) is 2.87. The van der Waals surface area contributed by atoms with E-state index < -0.39 is 30.4 Å². The second-order valence-corrected chi connectivity index (χ2v) is 4.92. The number of rotatable bonds is 3. The van der Waals surface area contributed by atoms with Gasteiger partial charge in [-0.15, -0.1) is 0 Å². The smallest absolute Gasteiger partial charge is 0.318 e. The van der Waals surface area contributed by atoms with E-state index in [1.807, 2.05) is 0 Å². The van der Waals surface area contributed by atoms with E-state index >= 15 is 0 Å². The van der Waals surface area contributed by atoms with Gasteiger partial charge in [0.25, 0.3) is 5.91 Å². The van der Waals surface area contributed by atoms with Crippen LogP contribution in [0.25, 0.3) is 0 Å². The Labute approximate surface area is 125 Å². The van der Waals surface area contributed by atoms with Crippen molar-refractivity contribution < 1.29 is 23.9 Å². The lowest BCUT2D eigenvalue weighted by Crippen LogP contribution is -2.39. The zero-order chi connectivity index (χ0) is 15.4. The molecular formula is C13H13ClN2O5. The molecule has 0 radical (unpaired) electrons. The van der Waals surface area contributed by atoms with Crippen LogP contribution in [0.5, 0.6) is 5.75 Å². The van der Waals surface area contributed by atoms with Gasteiger partial charge in [0.05, 0.1) is 5.92 Å². The fourth-order valence-corrected chi connectivity index (χ4v) is 2.14. The van der Waals surface area contributed by atoms with Crippen molar-refractivity contribution in [3.05, 3.63) is 28.8 Å². The van der Waals surface area contributed by atoms with E-state index in [1.165, 1.54) is 0 Å². The lowest BCUT2D eigenvalue weighted by Gasteiger charge is -2.24. The highest BCUT2D eigenvalue weighted by Crippen LogP contribution is 2.30. The van der Waals surface area contributed by atoms with Gasteiger partial charge in [-0.2, -0.15) is 0 Å². The van der Waals surface area contributed by atoms with Crippen molar-refractivity contribution in [3.63, 3.8) is 0 Å². The molecule has 1 heterocycles. The van der Waals surface area contributed by atoms with Crippen molar-refractivity contribution in [2.24, 2.45) is 11.7 Å². The van der Waals surface area contributed by atoms with Crippen molar-refractivity contribution in [1.82, 2.24) is 5.32 Å². The van der Waals surface area contributed by atoms with Crippen LogP contribution < -0.4 is 15.8 Å². The largest absolute Gasteiger partial charge is 0.492 e. The number of ether oxygens (including phenoxy) is 2. The Morgan fingerprint density at radius 2 is 2.19 bits per heavy atom. The summed E-state index contributed by atoms with van der Waals surface area (Å²) in [5.41, 5.74) is 5.57. The number of benzene rings is 1. The molecule has 7 nitrogen and oxygen atoms in total. The van der Waals surface area contributed by atoms with E-state index in [4.69, 9.17) is 26.8 Å². The lowest BCUT2D eigenvalue weighted by atomic mass is 9.97. The number of nitrogens with one attached hydrogen (secondary N) is 1. The van der Waals surface area contributed by atoms with Crippen LogP contribution in [0.4, 0.5) is 4.79 Å². The van der Waals surface area contributed by atoms with E-state index in [2.05, 4.69) is 0 Å². The second kappa shape index (κ2) is 6.45. The van der Waals surface area contributed by atoms with Crippen LogP contribution in [-0.2, 0) is 20.7 Å². The second-order valence-electron chi connectivity index (χ2n) is 4.48. The van der Waals surface area contributed by atoms with Gasteiger partial charge in [-0.05, 0) is 30.2 Å². The average molecular weight is 313 g/mol. The highest BCUT2D eigenvalue weighted by Gasteiger charge is 2.28. The maximum atomic E-state index is 11.9. The molecule has 0 unspecified atom stereocenters. The molecule has 1 aromatic rings. The van der Waals surface area contributed by atoms with Crippen molar-refractivity contribution >= 4 is 29.5 Å². The van der Waals surface area contributed by atoms with Crippen LogP contribution in [0.1, 0.15) is 5.56 Å². The van der Waals surface area contributed by atoms with Crippen molar-refractivity contribution in [2.75, 3.05) is 13.2 Å². The summed E-state index contributed by atoms with van der Waals surface area (Å²) in [6.07, 6.45) is 0.409. The molecule has 0 fully saturated rings. The third kappa shape index (κ3) is 4.09. The molecule has 3 amide bonds. The van der Waals surface area contributed by atoms with Gasteiger partial charge >= 0.3 is 12.0 Å². The summed E-state index contributed by atoms with van der Waals surface area (Å²) in [6, 6.07) is 4.16. The van der Waals surface area contributed by atoms with Crippen molar-refractivity contribution in [2.45, 2.75) is 6.42 Å². The maximum Gasteiger partial charge on any atom is 0.318 e. The molecule has 0 saturated carbocycles. The summed E-state index contributed by atoms with van der Waals surface area (Å²) in [5, 5.41) is 2.35. The predicted molar refractivity (Wildman–Crippen MR) is 72.8 cm³/mol. The number of primary amides is 1. The first-order chi connectivity index (χ1) is 9.95. The molecule has 0 bridgehead atoms. The molecule has 112 valence electrons. The molecule has 0 aromatic heterocycles. The summed E-state index contributed by atoms with van der Waals surface area (Å²) in [4.78, 5) is 33.4. The summed E-state index contributed by atoms with van der Waals surface area (Å²) in [6.45, 7) is -0.411. The Balaban J connectivity index is 1.90. The van der Waals surface area contributed by atoms with Gasteiger partial charge in [0.1, 0.15) is 12.4 Å². The number of halogens is 1. The number of fused-ring (bicyclic) bond motifs is 1. The Bertz CT molecular complexity index is 590. The van der Waals surface area contributed by atoms with Gasteiger partial charge in [0.15, 0.2) is 6.61 Å². The fraction of sp³-hybridized carbons (Fsp3) is 0.308. The molecule has 21 heavy (non-hydrogen) atoms. The number of carbonyl (C=O) groups is 3. The van der Waals surface area contributed by atoms with E-state index in [-0.39, 0.29) is 6.61 Å². The average Bonchev–Trinajstić information content (AvgIpc) is 2.43. The van der Waals surface area contributed by atoms with Crippen LogP contribution in [0, 0.1) is 5.92 Å². The highest BCUT2D eigenvalue weighted by molar-refractivity contribution is 6.30. The summed E-state index contributed by atoms with van der Waals surface area (Å²) >= 11 is 5.89. The molecule has 1 aromatic carbocycles. The fourth-order valence-electron chi connectivity index (χ4n) is 1.94. The maximum absolute atomic E-state index is 11.9.